The molecule has 2 aromatic rings. The summed E-state index contributed by atoms with van der Waals surface area (Å²) in [4.78, 5) is 29.1. The summed E-state index contributed by atoms with van der Waals surface area (Å²) in [5.74, 6) is 0.00248. The van der Waals surface area contributed by atoms with E-state index in [4.69, 9.17) is 4.74 Å². The Morgan fingerprint density at radius 2 is 1.93 bits per heavy atom. The number of aromatic nitrogens is 2. The fourth-order valence-electron chi connectivity index (χ4n) is 4.24. The maximum Gasteiger partial charge on any atom is 0.272 e. The second kappa shape index (κ2) is 7.99. The first-order valence-electron chi connectivity index (χ1n) is 10.3. The van der Waals surface area contributed by atoms with Gasteiger partial charge in [0.05, 0.1) is 17.8 Å². The Kier molecular flexibility index (Phi) is 5.41. The van der Waals surface area contributed by atoms with E-state index in [1.807, 2.05) is 53.2 Å². The van der Waals surface area contributed by atoms with Crippen LogP contribution in [0, 0.1) is 0 Å². The number of rotatable bonds is 4. The van der Waals surface area contributed by atoms with Gasteiger partial charge in [-0.05, 0) is 37.5 Å². The molecule has 0 unspecified atom stereocenters. The molecule has 2 aliphatic rings. The van der Waals surface area contributed by atoms with E-state index < -0.39 is 0 Å². The highest BCUT2D eigenvalue weighted by Gasteiger charge is 2.43. The third-order valence-corrected chi connectivity index (χ3v) is 5.93. The van der Waals surface area contributed by atoms with E-state index in [9.17, 15) is 9.59 Å². The Morgan fingerprint density at radius 3 is 2.62 bits per heavy atom. The van der Waals surface area contributed by atoms with E-state index in [2.05, 4.69) is 12.0 Å². The molecule has 29 heavy (non-hydrogen) atoms. The lowest BCUT2D eigenvalue weighted by Crippen LogP contribution is -2.59. The fourth-order valence-corrected chi connectivity index (χ4v) is 4.24. The molecule has 4 rings (SSSR count). The van der Waals surface area contributed by atoms with Crippen LogP contribution >= 0.6 is 0 Å². The van der Waals surface area contributed by atoms with Crippen molar-refractivity contribution in [1.29, 1.82) is 0 Å². The normalized spacial score (nSPS) is 19.0. The van der Waals surface area contributed by atoms with Gasteiger partial charge in [-0.3, -0.25) is 14.3 Å². The van der Waals surface area contributed by atoms with E-state index in [0.29, 0.717) is 25.3 Å². The number of hydrogen-bond acceptors (Lipinski definition) is 4. The Bertz CT molecular complexity index is 885. The second-order valence-electron chi connectivity index (χ2n) is 7.97. The van der Waals surface area contributed by atoms with Gasteiger partial charge in [0.25, 0.3) is 11.8 Å². The molecule has 1 spiro atoms. The highest BCUT2D eigenvalue weighted by atomic mass is 16.5. The molecule has 154 valence electrons. The Balaban J connectivity index is 1.43. The van der Waals surface area contributed by atoms with Gasteiger partial charge in [0.15, 0.2) is 0 Å². The molecule has 2 saturated heterocycles. The summed E-state index contributed by atoms with van der Waals surface area (Å²) in [5, 5.41) is 4.45. The zero-order chi connectivity index (χ0) is 20.4. The quantitative estimate of drug-likeness (QED) is 0.796. The summed E-state index contributed by atoms with van der Waals surface area (Å²) in [6.45, 7) is 3.96. The van der Waals surface area contributed by atoms with Crippen molar-refractivity contribution >= 4 is 17.5 Å². The molecule has 0 bridgehead atoms. The first-order valence-corrected chi connectivity index (χ1v) is 10.3. The van der Waals surface area contributed by atoms with Crippen LogP contribution < -0.4 is 4.90 Å². The Labute approximate surface area is 171 Å². The standard InChI is InChI=1S/C22H28N4O3/c1-3-7-17-14-19(24(2)23-17)21(28)25-12-10-22(11-13-25)16-26(20(27)15-29-22)18-8-5-4-6-9-18/h4-6,8-9,14H,3,7,10-13,15-16H2,1-2H3. The first-order chi connectivity index (χ1) is 14.0. The topological polar surface area (TPSA) is 67.7 Å². The molecule has 2 aliphatic heterocycles. The highest BCUT2D eigenvalue weighted by Crippen LogP contribution is 2.33. The highest BCUT2D eigenvalue weighted by molar-refractivity contribution is 5.95. The van der Waals surface area contributed by atoms with Crippen molar-refractivity contribution in [2.45, 2.75) is 38.2 Å². The van der Waals surface area contributed by atoms with E-state index in [1.54, 1.807) is 4.68 Å². The number of ether oxygens (including phenoxy) is 1. The predicted molar refractivity (Wildman–Crippen MR) is 110 cm³/mol. The number of para-hydroxylation sites is 1. The van der Waals surface area contributed by atoms with Crippen LogP contribution in [0.5, 0.6) is 0 Å². The van der Waals surface area contributed by atoms with Crippen LogP contribution in [0.25, 0.3) is 0 Å². The summed E-state index contributed by atoms with van der Waals surface area (Å²) in [6.07, 6.45) is 3.32. The molecule has 0 atom stereocenters. The van der Waals surface area contributed by atoms with Gasteiger partial charge >= 0.3 is 0 Å². The lowest BCUT2D eigenvalue weighted by Gasteiger charge is -2.46. The van der Waals surface area contributed by atoms with Gasteiger partial charge in [0.1, 0.15) is 12.3 Å². The Morgan fingerprint density at radius 1 is 1.21 bits per heavy atom. The lowest BCUT2D eigenvalue weighted by atomic mass is 9.89. The van der Waals surface area contributed by atoms with Crippen molar-refractivity contribution < 1.29 is 14.3 Å². The zero-order valence-electron chi connectivity index (χ0n) is 17.1. The molecule has 7 nitrogen and oxygen atoms in total. The van der Waals surface area contributed by atoms with Crippen LogP contribution in [0.3, 0.4) is 0 Å². The number of anilines is 1. The van der Waals surface area contributed by atoms with E-state index in [-0.39, 0.29) is 24.0 Å². The number of carbonyl (C=O) groups is 2. The van der Waals surface area contributed by atoms with Gasteiger partial charge < -0.3 is 14.5 Å². The lowest BCUT2D eigenvalue weighted by molar-refractivity contribution is -0.143. The molecule has 3 heterocycles. The van der Waals surface area contributed by atoms with Crippen molar-refractivity contribution in [3.8, 4) is 0 Å². The summed E-state index contributed by atoms with van der Waals surface area (Å²) in [7, 11) is 1.82. The number of aryl methyl sites for hydroxylation is 2. The number of piperidine rings is 1. The van der Waals surface area contributed by atoms with Crippen molar-refractivity contribution in [3.63, 3.8) is 0 Å². The van der Waals surface area contributed by atoms with Gasteiger partial charge in [-0.2, -0.15) is 5.10 Å². The average Bonchev–Trinajstić information content (AvgIpc) is 3.11. The SMILES string of the molecule is CCCc1cc(C(=O)N2CCC3(CC2)CN(c2ccccc2)C(=O)CO3)n(C)n1. The maximum atomic E-state index is 13.0. The molecule has 0 radical (unpaired) electrons. The molecular weight excluding hydrogens is 368 g/mol. The monoisotopic (exact) mass is 396 g/mol. The molecule has 2 fully saturated rings. The molecule has 2 amide bonds. The van der Waals surface area contributed by atoms with Gasteiger partial charge in [-0.25, -0.2) is 0 Å². The third kappa shape index (κ3) is 3.92. The van der Waals surface area contributed by atoms with Crippen LogP contribution in [0.15, 0.2) is 36.4 Å². The number of nitrogens with zero attached hydrogens (tertiary/aromatic N) is 4. The van der Waals surface area contributed by atoms with Crippen LogP contribution in [0.1, 0.15) is 42.4 Å². The zero-order valence-corrected chi connectivity index (χ0v) is 17.1. The maximum absolute atomic E-state index is 13.0. The largest absolute Gasteiger partial charge is 0.363 e. The van der Waals surface area contributed by atoms with Crippen LogP contribution in [-0.4, -0.2) is 58.3 Å². The summed E-state index contributed by atoms with van der Waals surface area (Å²) < 4.78 is 7.70. The van der Waals surface area contributed by atoms with Crippen molar-refractivity contribution in [1.82, 2.24) is 14.7 Å². The fraction of sp³-hybridized carbons (Fsp3) is 0.500. The summed E-state index contributed by atoms with van der Waals surface area (Å²) in [6, 6.07) is 11.6. The molecular formula is C22H28N4O3. The molecule has 7 heteroatoms. The number of hydrogen-bond donors (Lipinski definition) is 0. The van der Waals surface area contributed by atoms with Crippen molar-refractivity contribution in [2.75, 3.05) is 31.1 Å². The second-order valence-corrected chi connectivity index (χ2v) is 7.97. The first kappa shape index (κ1) is 19.6. The number of benzene rings is 1. The van der Waals surface area contributed by atoms with Gasteiger partial charge in [-0.15, -0.1) is 0 Å². The Hall–Kier alpha value is -2.67. The minimum atomic E-state index is -0.389. The summed E-state index contributed by atoms with van der Waals surface area (Å²) >= 11 is 0. The molecule has 0 saturated carbocycles. The minimum Gasteiger partial charge on any atom is -0.363 e. The molecule has 0 N–H and O–H groups in total. The number of morpholine rings is 1. The van der Waals surface area contributed by atoms with Gasteiger partial charge in [0, 0.05) is 25.8 Å². The van der Waals surface area contributed by atoms with E-state index >= 15 is 0 Å². The van der Waals surface area contributed by atoms with Crippen LogP contribution in [0.2, 0.25) is 0 Å². The third-order valence-electron chi connectivity index (χ3n) is 5.93. The molecule has 1 aromatic heterocycles. The van der Waals surface area contributed by atoms with Crippen LogP contribution in [0.4, 0.5) is 5.69 Å². The minimum absolute atomic E-state index is 0.0151. The van der Waals surface area contributed by atoms with Crippen molar-refractivity contribution in [2.24, 2.45) is 7.05 Å². The predicted octanol–water partition coefficient (Wildman–Crippen LogP) is 2.41. The van der Waals surface area contributed by atoms with E-state index in [0.717, 1.165) is 37.1 Å². The molecule has 0 aliphatic carbocycles. The van der Waals surface area contributed by atoms with Gasteiger partial charge in [-0.1, -0.05) is 31.5 Å². The molecule has 1 aromatic carbocycles. The van der Waals surface area contributed by atoms with Crippen molar-refractivity contribution in [3.05, 3.63) is 47.8 Å². The van der Waals surface area contributed by atoms with Crippen LogP contribution in [-0.2, 0) is 23.0 Å². The van der Waals surface area contributed by atoms with E-state index in [1.165, 1.54) is 0 Å². The average molecular weight is 396 g/mol. The number of likely N-dealkylation sites (tertiary alicyclic amines) is 1. The summed E-state index contributed by atoms with van der Waals surface area (Å²) in [5.41, 5.74) is 2.10. The van der Waals surface area contributed by atoms with Gasteiger partial charge in [0.2, 0.25) is 0 Å². The number of amides is 2. The number of carbonyl (C=O) groups excluding carboxylic acids is 2. The smallest absolute Gasteiger partial charge is 0.272 e.